The molecule has 4 fully saturated rings. The van der Waals surface area contributed by atoms with Gasteiger partial charge in [0.05, 0.1) is 46.6 Å². The molecule has 2 saturated heterocycles. The number of aliphatic hydroxyl groups is 5. The van der Waals surface area contributed by atoms with Gasteiger partial charge in [-0.25, -0.2) is 9.59 Å². The number of carbonyl (C=O) groups excluding carboxylic acids is 2. The molecule has 4 aliphatic rings. The molecular weight excluding hydrogens is 969 g/mol. The number of nitro groups is 1. The average molecular weight is 1040 g/mol. The fourth-order valence-electron chi connectivity index (χ4n) is 10.7. The van der Waals surface area contributed by atoms with E-state index in [4.69, 9.17) is 28.4 Å². The van der Waals surface area contributed by atoms with Crippen LogP contribution in [-0.4, -0.2) is 166 Å². The van der Waals surface area contributed by atoms with Gasteiger partial charge in [-0.2, -0.15) is 0 Å². The van der Waals surface area contributed by atoms with Crippen molar-refractivity contribution in [3.8, 4) is 0 Å². The van der Waals surface area contributed by atoms with Gasteiger partial charge < -0.3 is 69.4 Å². The number of carboxylic acid groups (broad SMARTS) is 1. The zero-order valence-electron chi connectivity index (χ0n) is 41.4. The number of hydrogen-bond acceptors (Lipinski definition) is 18. The minimum atomic E-state index is -1.71. The second-order valence-electron chi connectivity index (χ2n) is 20.1. The van der Waals surface area contributed by atoms with E-state index in [9.17, 15) is 55.1 Å². The number of aryl methyl sites for hydroxylation is 3. The molecule has 2 saturated carbocycles. The van der Waals surface area contributed by atoms with Gasteiger partial charge >= 0.3 is 11.9 Å². The Labute approximate surface area is 426 Å². The van der Waals surface area contributed by atoms with Crippen LogP contribution in [0.5, 0.6) is 0 Å². The fourth-order valence-corrected chi connectivity index (χ4v) is 10.7. The van der Waals surface area contributed by atoms with Crippen molar-refractivity contribution in [3.63, 3.8) is 0 Å². The van der Waals surface area contributed by atoms with Gasteiger partial charge in [-0.05, 0) is 81.0 Å². The molecule has 2 aliphatic carbocycles. The lowest BCUT2D eigenvalue weighted by atomic mass is 9.77. The first kappa shape index (κ1) is 54.8. The maximum Gasteiger partial charge on any atom is 0.338 e. The van der Waals surface area contributed by atoms with E-state index >= 15 is 0 Å². The lowest BCUT2D eigenvalue weighted by molar-refractivity contribution is -0.384. The third-order valence-corrected chi connectivity index (χ3v) is 14.9. The van der Waals surface area contributed by atoms with Gasteiger partial charge in [-0.15, -0.1) is 5.10 Å². The summed E-state index contributed by atoms with van der Waals surface area (Å²) >= 11 is 0. The summed E-state index contributed by atoms with van der Waals surface area (Å²) in [6, 6.07) is 12.6. The highest BCUT2D eigenvalue weighted by Gasteiger charge is 2.54. The number of aliphatic hydroxyl groups excluding tert-OH is 5. The number of hydrogen-bond donors (Lipinski definition) is 8. The highest BCUT2D eigenvalue weighted by molar-refractivity contribution is 5.89. The number of nitrogens with one attached hydrogen (secondary N) is 2. The molecule has 2 aromatic heterocycles. The van der Waals surface area contributed by atoms with Crippen molar-refractivity contribution in [2.45, 2.75) is 171 Å². The monoisotopic (exact) mass is 1040 g/mol. The highest BCUT2D eigenvalue weighted by atomic mass is 16.7. The Hall–Kier alpha value is -5.47. The van der Waals surface area contributed by atoms with Crippen molar-refractivity contribution < 1.29 is 78.4 Å². The standard InChI is InChI=1S/C51H68N6O17/c1-27-20-32(47(63)52-18-9-14-33-25-56(55-54-33)19-17-31-24-53-36-23-34(57(67)68)15-16-35(31)36)22-37(44(27)74-50-43(62)42(61)40(59)28(2)69-50)71-51-46(73-49(66)30-12-7-4-8-13-30)45(41(60)39(26-58)72-51)70-38(48(64)65)21-29-10-5-3-6-11-29/h4,7-8,12-13,15-16,23-25,27-29,32,37-46,50-51,53,58-62H,3,5-6,9-11,14,17-22,26H2,1-2H3,(H,52,63)(H,64,65)/t27-,28-,32+,37+,38-,39+,40+,41-,42+,43-,44+,45-,46+,50-,51+/m0/s1. The molecule has 8 rings (SSSR count). The van der Waals surface area contributed by atoms with E-state index in [2.05, 4.69) is 20.6 Å². The average Bonchev–Trinajstić information content (AvgIpc) is 4.04. The van der Waals surface area contributed by atoms with Gasteiger partial charge in [-0.1, -0.05) is 62.4 Å². The quantitative estimate of drug-likeness (QED) is 0.0257. The predicted octanol–water partition coefficient (Wildman–Crippen LogP) is 2.72. The number of esters is 1. The van der Waals surface area contributed by atoms with Crippen LogP contribution in [0.3, 0.4) is 0 Å². The number of benzene rings is 2. The van der Waals surface area contributed by atoms with Gasteiger partial charge in [0.25, 0.3) is 5.69 Å². The predicted molar refractivity (Wildman–Crippen MR) is 259 cm³/mol. The summed E-state index contributed by atoms with van der Waals surface area (Å²) < 4.78 is 39.2. The van der Waals surface area contributed by atoms with Crippen molar-refractivity contribution in [1.82, 2.24) is 25.3 Å². The SMILES string of the molecule is C[C@@H]1O[C@@H](O[C@@H]2[C@@H](C)C[C@@H](C(=O)NCCCc3cn(CCc4c[nH]c5cc([N+](=O)[O-])ccc45)nn3)C[C@H]2O[C@@H]2O[C@H](CO)[C@H](O)[C@H](O[C@@H](CC3CCCCC3)C(=O)O)[C@H]2OC(=O)c2ccccc2)[C@@H](O)[C@H](O)[C@@H]1O. The number of aliphatic carboxylic acids is 1. The van der Waals surface area contributed by atoms with E-state index in [1.54, 1.807) is 35.9 Å². The molecule has 23 nitrogen and oxygen atoms in total. The zero-order valence-corrected chi connectivity index (χ0v) is 41.4. The maximum absolute atomic E-state index is 14.1. The number of ether oxygens (including phenoxy) is 6. The van der Waals surface area contributed by atoms with Crippen LogP contribution in [0.2, 0.25) is 0 Å². The number of carboxylic acids is 1. The van der Waals surface area contributed by atoms with Crippen LogP contribution < -0.4 is 5.32 Å². The van der Waals surface area contributed by atoms with Crippen LogP contribution in [0.25, 0.3) is 10.9 Å². The van der Waals surface area contributed by atoms with Gasteiger partial charge in [-0.3, -0.25) is 19.6 Å². The molecule has 4 heterocycles. The van der Waals surface area contributed by atoms with Gasteiger partial charge in [0, 0.05) is 48.9 Å². The van der Waals surface area contributed by atoms with Crippen molar-refractivity contribution in [2.24, 2.45) is 17.8 Å². The first-order chi connectivity index (χ1) is 35.6. The van der Waals surface area contributed by atoms with Gasteiger partial charge in [0.15, 0.2) is 24.8 Å². The van der Waals surface area contributed by atoms with Crippen LogP contribution in [0.15, 0.2) is 60.9 Å². The minimum absolute atomic E-state index is 0.00130. The fraction of sp³-hybridized carbons (Fsp3) is 0.627. The van der Waals surface area contributed by atoms with Crippen LogP contribution in [0.1, 0.15) is 93.3 Å². The Kier molecular flexibility index (Phi) is 18.4. The summed E-state index contributed by atoms with van der Waals surface area (Å²) in [6.45, 7) is 3.30. The van der Waals surface area contributed by atoms with Crippen molar-refractivity contribution in [2.75, 3.05) is 13.2 Å². The van der Waals surface area contributed by atoms with Crippen LogP contribution in [0, 0.1) is 27.9 Å². The summed E-state index contributed by atoms with van der Waals surface area (Å²) in [5.74, 6) is -3.68. The molecule has 0 spiro atoms. The van der Waals surface area contributed by atoms with Crippen LogP contribution in [-0.2, 0) is 57.4 Å². The molecule has 74 heavy (non-hydrogen) atoms. The van der Waals surface area contributed by atoms with E-state index in [0.29, 0.717) is 37.0 Å². The number of carbonyl (C=O) groups is 3. The Bertz CT molecular complexity index is 2510. The van der Waals surface area contributed by atoms with Gasteiger partial charge in [0.1, 0.15) is 36.6 Å². The Balaban J connectivity index is 0.976. The number of aromatic amines is 1. The van der Waals surface area contributed by atoms with Crippen molar-refractivity contribution in [3.05, 3.63) is 87.9 Å². The molecule has 2 aromatic carbocycles. The largest absolute Gasteiger partial charge is 0.479 e. The van der Waals surface area contributed by atoms with E-state index in [0.717, 1.165) is 43.1 Å². The number of nitrogens with zero attached hydrogens (tertiary/aromatic N) is 4. The molecule has 8 N–H and O–H groups in total. The smallest absolute Gasteiger partial charge is 0.338 e. The number of aromatic nitrogens is 4. The van der Waals surface area contributed by atoms with Crippen molar-refractivity contribution in [1.29, 1.82) is 0 Å². The van der Waals surface area contributed by atoms with E-state index in [1.807, 2.05) is 12.4 Å². The normalized spacial score (nSPS) is 31.2. The number of fused-ring (bicyclic) bond motifs is 1. The summed E-state index contributed by atoms with van der Waals surface area (Å²) in [5.41, 5.74) is 2.47. The first-order valence-corrected chi connectivity index (χ1v) is 25.6. The summed E-state index contributed by atoms with van der Waals surface area (Å²) in [4.78, 5) is 54.6. The van der Waals surface area contributed by atoms with Gasteiger partial charge in [0.2, 0.25) is 5.91 Å². The Morgan fingerprint density at radius 3 is 2.42 bits per heavy atom. The lowest BCUT2D eigenvalue weighted by Crippen LogP contribution is -2.64. The highest BCUT2D eigenvalue weighted by Crippen LogP contribution is 2.39. The molecule has 0 bridgehead atoms. The number of amides is 1. The van der Waals surface area contributed by atoms with Crippen LogP contribution in [0.4, 0.5) is 5.69 Å². The summed E-state index contributed by atoms with van der Waals surface area (Å²) in [6.07, 6.45) is -8.74. The Morgan fingerprint density at radius 1 is 0.919 bits per heavy atom. The van der Waals surface area contributed by atoms with E-state index in [1.165, 1.54) is 31.2 Å². The Morgan fingerprint density at radius 2 is 1.69 bits per heavy atom. The van der Waals surface area contributed by atoms with E-state index < -0.39 is 115 Å². The van der Waals surface area contributed by atoms with Crippen LogP contribution >= 0.6 is 0 Å². The number of nitro benzene ring substituents is 1. The molecule has 2 aliphatic heterocycles. The molecule has 0 unspecified atom stereocenters. The number of rotatable bonds is 21. The third-order valence-electron chi connectivity index (χ3n) is 14.9. The molecule has 1 amide bonds. The number of non-ortho nitro benzene ring substituents is 1. The third kappa shape index (κ3) is 13.1. The maximum atomic E-state index is 14.1. The topological polar surface area (TPSA) is 330 Å². The van der Waals surface area contributed by atoms with E-state index in [-0.39, 0.29) is 48.9 Å². The molecule has 0 radical (unpaired) electrons. The molecular formula is C51H68N6O17. The minimum Gasteiger partial charge on any atom is -0.479 e. The molecule has 404 valence electrons. The second kappa shape index (κ2) is 24.9. The summed E-state index contributed by atoms with van der Waals surface area (Å²) in [7, 11) is 0. The second-order valence-corrected chi connectivity index (χ2v) is 20.1. The zero-order chi connectivity index (χ0) is 52.6. The first-order valence-electron chi connectivity index (χ1n) is 25.6. The van der Waals surface area contributed by atoms with Crippen molar-refractivity contribution >= 4 is 34.4 Å². The molecule has 15 atom stereocenters. The molecule has 23 heteroatoms. The summed E-state index contributed by atoms with van der Waals surface area (Å²) in [5, 5.41) is 88.6. The lowest BCUT2D eigenvalue weighted by Gasteiger charge is -2.48. The molecule has 4 aromatic rings. The number of H-pyrrole nitrogens is 1.